The smallest absolute Gasteiger partial charge is 0.252 e. The Balaban J connectivity index is 1.23. The van der Waals surface area contributed by atoms with Crippen molar-refractivity contribution >= 4 is 5.91 Å². The van der Waals surface area contributed by atoms with E-state index in [2.05, 4.69) is 25.6 Å². The lowest BCUT2D eigenvalue weighted by molar-refractivity contribution is 0.0952. The number of aryl methyl sites for hydroxylation is 1. The molecule has 2 fully saturated rings. The molecule has 29 heavy (non-hydrogen) atoms. The van der Waals surface area contributed by atoms with Crippen LogP contribution in [0, 0.1) is 5.92 Å². The van der Waals surface area contributed by atoms with E-state index < -0.39 is 0 Å². The first kappa shape index (κ1) is 20.0. The van der Waals surface area contributed by atoms with Crippen molar-refractivity contribution in [2.24, 2.45) is 5.92 Å². The predicted octanol–water partition coefficient (Wildman–Crippen LogP) is 1.71. The molecule has 2 aromatic rings. The van der Waals surface area contributed by atoms with E-state index in [0.717, 1.165) is 38.5 Å². The second kappa shape index (κ2) is 9.98. The molecule has 0 aromatic carbocycles. The summed E-state index contributed by atoms with van der Waals surface area (Å²) in [4.78, 5) is 19.5. The molecule has 1 atom stereocenters. The van der Waals surface area contributed by atoms with Gasteiger partial charge in [0.25, 0.3) is 5.91 Å². The van der Waals surface area contributed by atoms with Gasteiger partial charge in [-0.05, 0) is 75.4 Å². The highest BCUT2D eigenvalue weighted by atomic mass is 16.1. The Morgan fingerprint density at radius 2 is 2.14 bits per heavy atom. The second-order valence-corrected chi connectivity index (χ2v) is 8.30. The van der Waals surface area contributed by atoms with Crippen LogP contribution in [0.4, 0.5) is 0 Å². The minimum absolute atomic E-state index is 0.0393. The van der Waals surface area contributed by atoms with Crippen molar-refractivity contribution in [3.8, 4) is 0 Å². The molecule has 0 saturated carbocycles. The Kier molecular flexibility index (Phi) is 6.90. The maximum absolute atomic E-state index is 12.5. The lowest BCUT2D eigenvalue weighted by Crippen LogP contribution is -2.42. The topological polar surface area (TPSA) is 75.1 Å². The molecule has 2 aliphatic rings. The molecule has 7 heteroatoms. The molecule has 0 bridgehead atoms. The summed E-state index contributed by atoms with van der Waals surface area (Å²) < 4.78 is 1.88. The van der Waals surface area contributed by atoms with E-state index in [-0.39, 0.29) is 5.91 Å². The Labute approximate surface area is 172 Å². The standard InChI is InChI=1S/C22H32N6O/c29-22(25-6-1-10-28-11-2-7-26-28)20-14-19(15-24-16-20)13-18-5-12-27(17-18)21-3-8-23-9-4-21/h2,7,11,14-16,18,21,23H,1,3-6,8-10,12-13,17H2,(H,25,29). The Morgan fingerprint density at radius 1 is 1.24 bits per heavy atom. The zero-order valence-electron chi connectivity index (χ0n) is 17.1. The number of likely N-dealkylation sites (tertiary alicyclic amines) is 1. The summed E-state index contributed by atoms with van der Waals surface area (Å²) in [6.07, 6.45) is 12.9. The van der Waals surface area contributed by atoms with Crippen LogP contribution < -0.4 is 10.6 Å². The quantitative estimate of drug-likeness (QED) is 0.665. The fourth-order valence-corrected chi connectivity index (χ4v) is 4.57. The minimum atomic E-state index is -0.0393. The first-order valence-corrected chi connectivity index (χ1v) is 10.9. The molecule has 0 radical (unpaired) electrons. The van der Waals surface area contributed by atoms with E-state index in [1.807, 2.05) is 29.2 Å². The largest absolute Gasteiger partial charge is 0.352 e. The zero-order chi connectivity index (χ0) is 19.9. The van der Waals surface area contributed by atoms with Crippen LogP contribution in [0.15, 0.2) is 36.9 Å². The number of nitrogens with one attached hydrogen (secondary N) is 2. The number of hydrogen-bond acceptors (Lipinski definition) is 5. The van der Waals surface area contributed by atoms with Gasteiger partial charge in [-0.25, -0.2) is 0 Å². The first-order chi connectivity index (χ1) is 14.3. The van der Waals surface area contributed by atoms with Gasteiger partial charge in [-0.1, -0.05) is 0 Å². The second-order valence-electron chi connectivity index (χ2n) is 8.30. The number of pyridine rings is 1. The highest BCUT2D eigenvalue weighted by molar-refractivity contribution is 5.93. The molecule has 1 amide bonds. The maximum atomic E-state index is 12.5. The highest BCUT2D eigenvalue weighted by Gasteiger charge is 2.29. The van der Waals surface area contributed by atoms with E-state index in [9.17, 15) is 4.79 Å². The molecule has 2 N–H and O–H groups in total. The Morgan fingerprint density at radius 3 is 2.97 bits per heavy atom. The van der Waals surface area contributed by atoms with E-state index in [4.69, 9.17) is 0 Å². The number of hydrogen-bond donors (Lipinski definition) is 2. The SMILES string of the molecule is O=C(NCCCn1cccn1)c1cncc(CC2CCN(C3CCNCC3)C2)c1. The lowest BCUT2D eigenvalue weighted by atomic mass is 9.98. The van der Waals surface area contributed by atoms with E-state index in [1.165, 1.54) is 37.9 Å². The van der Waals surface area contributed by atoms with Crippen LogP contribution in [-0.2, 0) is 13.0 Å². The van der Waals surface area contributed by atoms with Crippen LogP contribution in [0.1, 0.15) is 41.6 Å². The van der Waals surface area contributed by atoms with Crippen molar-refractivity contribution in [3.05, 3.63) is 48.0 Å². The average molecular weight is 397 g/mol. The van der Waals surface area contributed by atoms with Gasteiger partial charge in [-0.2, -0.15) is 5.10 Å². The summed E-state index contributed by atoms with van der Waals surface area (Å²) in [6.45, 7) is 6.12. The van der Waals surface area contributed by atoms with Gasteiger partial charge in [0.2, 0.25) is 0 Å². The summed E-state index contributed by atoms with van der Waals surface area (Å²) in [6, 6.07) is 4.67. The molecule has 0 spiro atoms. The molecule has 2 aliphatic heterocycles. The number of aromatic nitrogens is 3. The summed E-state index contributed by atoms with van der Waals surface area (Å²) in [5.74, 6) is 0.627. The molecule has 0 aliphatic carbocycles. The Bertz CT molecular complexity index is 771. The third kappa shape index (κ3) is 5.64. The first-order valence-electron chi connectivity index (χ1n) is 10.9. The van der Waals surface area contributed by atoms with Gasteiger partial charge < -0.3 is 10.6 Å². The Hall–Kier alpha value is -2.25. The molecule has 2 saturated heterocycles. The van der Waals surface area contributed by atoms with Crippen LogP contribution >= 0.6 is 0 Å². The van der Waals surface area contributed by atoms with Gasteiger partial charge in [0.1, 0.15) is 0 Å². The van der Waals surface area contributed by atoms with Gasteiger partial charge in [0.15, 0.2) is 0 Å². The maximum Gasteiger partial charge on any atom is 0.252 e. The number of nitrogens with zero attached hydrogens (tertiary/aromatic N) is 4. The summed E-state index contributed by atoms with van der Waals surface area (Å²) in [5, 5.41) is 10.6. The van der Waals surface area contributed by atoms with Gasteiger partial charge in [0.05, 0.1) is 5.56 Å². The highest BCUT2D eigenvalue weighted by Crippen LogP contribution is 2.25. The van der Waals surface area contributed by atoms with Gasteiger partial charge in [0, 0.05) is 50.5 Å². The van der Waals surface area contributed by atoms with Crippen molar-refractivity contribution in [1.29, 1.82) is 0 Å². The van der Waals surface area contributed by atoms with Crippen LogP contribution in [0.5, 0.6) is 0 Å². The number of amides is 1. The van der Waals surface area contributed by atoms with Crippen molar-refractivity contribution in [2.45, 2.75) is 44.7 Å². The van der Waals surface area contributed by atoms with Crippen molar-refractivity contribution in [3.63, 3.8) is 0 Å². The third-order valence-corrected chi connectivity index (χ3v) is 6.13. The van der Waals surface area contributed by atoms with Crippen LogP contribution in [0.25, 0.3) is 0 Å². The van der Waals surface area contributed by atoms with Crippen LogP contribution in [0.2, 0.25) is 0 Å². The van der Waals surface area contributed by atoms with Crippen molar-refractivity contribution < 1.29 is 4.79 Å². The summed E-state index contributed by atoms with van der Waals surface area (Å²) in [7, 11) is 0. The number of carbonyl (C=O) groups is 1. The van der Waals surface area contributed by atoms with Crippen LogP contribution in [-0.4, -0.2) is 64.3 Å². The molecular formula is C22H32N6O. The van der Waals surface area contributed by atoms with Gasteiger partial charge >= 0.3 is 0 Å². The molecule has 1 unspecified atom stereocenters. The molecule has 7 nitrogen and oxygen atoms in total. The van der Waals surface area contributed by atoms with E-state index >= 15 is 0 Å². The van der Waals surface area contributed by atoms with Crippen LogP contribution in [0.3, 0.4) is 0 Å². The molecular weight excluding hydrogens is 364 g/mol. The van der Waals surface area contributed by atoms with E-state index in [0.29, 0.717) is 18.0 Å². The number of rotatable bonds is 8. The third-order valence-electron chi connectivity index (χ3n) is 6.13. The minimum Gasteiger partial charge on any atom is -0.352 e. The van der Waals surface area contributed by atoms with Gasteiger partial charge in [-0.3, -0.25) is 19.4 Å². The van der Waals surface area contributed by atoms with Gasteiger partial charge in [-0.15, -0.1) is 0 Å². The fourth-order valence-electron chi connectivity index (χ4n) is 4.57. The molecule has 156 valence electrons. The molecule has 4 heterocycles. The average Bonchev–Trinajstić information content (AvgIpc) is 3.44. The monoisotopic (exact) mass is 396 g/mol. The fraction of sp³-hybridized carbons (Fsp3) is 0.591. The summed E-state index contributed by atoms with van der Waals surface area (Å²) >= 11 is 0. The van der Waals surface area contributed by atoms with Crippen molar-refractivity contribution in [2.75, 3.05) is 32.7 Å². The number of carbonyl (C=O) groups excluding carboxylic acids is 1. The lowest BCUT2D eigenvalue weighted by Gasteiger charge is -2.31. The van der Waals surface area contributed by atoms with Crippen molar-refractivity contribution in [1.82, 2.24) is 30.3 Å². The molecule has 2 aromatic heterocycles. The van der Waals surface area contributed by atoms with E-state index in [1.54, 1.807) is 12.4 Å². The zero-order valence-corrected chi connectivity index (χ0v) is 17.1. The summed E-state index contributed by atoms with van der Waals surface area (Å²) in [5.41, 5.74) is 1.83. The predicted molar refractivity (Wildman–Crippen MR) is 113 cm³/mol. The molecule has 4 rings (SSSR count). The number of piperidine rings is 1. The normalized spacial score (nSPS) is 20.8.